The van der Waals surface area contributed by atoms with Crippen molar-refractivity contribution >= 4 is 5.78 Å². The quantitative estimate of drug-likeness (QED) is 0.760. The van der Waals surface area contributed by atoms with Gasteiger partial charge in [0.2, 0.25) is 17.3 Å². The number of ketones is 1. The fourth-order valence-electron chi connectivity index (χ4n) is 2.49. The van der Waals surface area contributed by atoms with Crippen molar-refractivity contribution in [2.75, 3.05) is 7.11 Å². The van der Waals surface area contributed by atoms with Crippen LogP contribution in [-0.4, -0.2) is 35.8 Å². The molecule has 23 heavy (non-hydrogen) atoms. The lowest BCUT2D eigenvalue weighted by Crippen LogP contribution is -2.47. The van der Waals surface area contributed by atoms with E-state index in [2.05, 4.69) is 0 Å². The largest absolute Gasteiger partial charge is 0.493 e. The number of ether oxygens (including phenoxy) is 3. The van der Waals surface area contributed by atoms with E-state index in [-0.39, 0.29) is 23.7 Å². The maximum atomic E-state index is 13.0. The predicted molar refractivity (Wildman–Crippen MR) is 88.6 cm³/mol. The summed E-state index contributed by atoms with van der Waals surface area (Å²) >= 11 is 0. The maximum Gasteiger partial charge on any atom is 0.241 e. The summed E-state index contributed by atoms with van der Waals surface area (Å²) in [7, 11) is 1.48. The molecular weight excluding hydrogens is 296 g/mol. The zero-order valence-corrected chi connectivity index (χ0v) is 15.3. The normalized spacial score (nSPS) is 23.1. The van der Waals surface area contributed by atoms with Crippen LogP contribution in [0, 0.1) is 0 Å². The summed E-state index contributed by atoms with van der Waals surface area (Å²) < 4.78 is 16.9. The van der Waals surface area contributed by atoms with Crippen LogP contribution in [0.25, 0.3) is 0 Å². The first-order valence-corrected chi connectivity index (χ1v) is 7.85. The van der Waals surface area contributed by atoms with Gasteiger partial charge in [0.25, 0.3) is 0 Å². The highest BCUT2D eigenvalue weighted by Gasteiger charge is 2.50. The third kappa shape index (κ3) is 3.44. The number of allylic oxidation sites excluding steroid dienone is 1. The molecule has 0 amide bonds. The van der Waals surface area contributed by atoms with Gasteiger partial charge in [0.05, 0.1) is 19.3 Å². The smallest absolute Gasteiger partial charge is 0.241 e. The molecule has 0 aromatic carbocycles. The number of carbonyl (C=O) groups excluding carboxylic acids is 1. The molecule has 1 unspecified atom stereocenters. The minimum atomic E-state index is -1.78. The lowest BCUT2D eigenvalue weighted by atomic mass is 9.78. The number of hydrogen-bond donors (Lipinski definition) is 1. The summed E-state index contributed by atoms with van der Waals surface area (Å²) in [6, 6.07) is 0. The molecule has 1 aliphatic carbocycles. The topological polar surface area (TPSA) is 65.0 Å². The summed E-state index contributed by atoms with van der Waals surface area (Å²) in [5.74, 6) is 0.0422. The van der Waals surface area contributed by atoms with Gasteiger partial charge >= 0.3 is 0 Å². The molecule has 1 N–H and O–H groups in total. The van der Waals surface area contributed by atoms with Crippen molar-refractivity contribution in [2.45, 2.75) is 66.3 Å². The number of carbonyl (C=O) groups is 1. The number of aliphatic hydroxyl groups is 1. The second kappa shape index (κ2) is 7.21. The van der Waals surface area contributed by atoms with Gasteiger partial charge in [-0.2, -0.15) is 0 Å². The molecule has 130 valence electrons. The van der Waals surface area contributed by atoms with Crippen LogP contribution in [-0.2, 0) is 19.0 Å². The second-order valence-electron chi connectivity index (χ2n) is 6.16. The van der Waals surface area contributed by atoms with Crippen molar-refractivity contribution in [2.24, 2.45) is 0 Å². The summed E-state index contributed by atoms with van der Waals surface area (Å²) in [4.78, 5) is 13.0. The lowest BCUT2D eigenvalue weighted by Gasteiger charge is -2.36. The Bertz CT molecular complexity index is 566. The molecular formula is C18H28O5. The standard InChI is InChI=1S/C18H28O5/c1-9-12(6)18(20)13(7)14(21-8)15(22-10(2)3)16(17(18)19)23-11(4)5/h9-11,20H,1-8H3/b12-9+. The molecule has 5 heteroatoms. The van der Waals surface area contributed by atoms with Crippen molar-refractivity contribution < 1.29 is 24.1 Å². The first kappa shape index (κ1) is 19.3. The van der Waals surface area contributed by atoms with Gasteiger partial charge in [-0.05, 0) is 54.0 Å². The van der Waals surface area contributed by atoms with Gasteiger partial charge in [-0.25, -0.2) is 0 Å². The Balaban J connectivity index is 3.67. The van der Waals surface area contributed by atoms with Crippen LogP contribution in [0.5, 0.6) is 0 Å². The van der Waals surface area contributed by atoms with Gasteiger partial charge in [-0.1, -0.05) is 6.08 Å². The number of rotatable bonds is 6. The van der Waals surface area contributed by atoms with E-state index in [9.17, 15) is 9.90 Å². The SMILES string of the molecule is C/C=C(\C)C1(O)C(=O)C(OC(C)C)=C(OC(C)C)C(OC)=C1C. The summed E-state index contributed by atoms with van der Waals surface area (Å²) in [6.07, 6.45) is 1.29. The van der Waals surface area contributed by atoms with Crippen LogP contribution in [0.1, 0.15) is 48.5 Å². The monoisotopic (exact) mass is 324 g/mol. The molecule has 0 fully saturated rings. The molecule has 1 rings (SSSR count). The molecule has 0 bridgehead atoms. The average Bonchev–Trinajstić information content (AvgIpc) is 2.48. The van der Waals surface area contributed by atoms with Crippen molar-refractivity contribution in [1.29, 1.82) is 0 Å². The Hall–Kier alpha value is -1.75. The fraction of sp³-hybridized carbons (Fsp3) is 0.611. The minimum Gasteiger partial charge on any atom is -0.493 e. The molecule has 0 aromatic rings. The molecule has 0 spiro atoms. The number of Topliss-reactive ketones (excluding diaryl/α,β-unsaturated/α-hetero) is 1. The molecule has 0 aliphatic heterocycles. The first-order chi connectivity index (χ1) is 10.6. The fourth-order valence-corrected chi connectivity index (χ4v) is 2.49. The molecule has 0 saturated heterocycles. The number of methoxy groups -OCH3 is 1. The van der Waals surface area contributed by atoms with Crippen LogP contribution in [0.15, 0.2) is 34.5 Å². The Morgan fingerprint density at radius 3 is 1.96 bits per heavy atom. The van der Waals surface area contributed by atoms with Gasteiger partial charge in [-0.3, -0.25) is 4.79 Å². The summed E-state index contributed by atoms with van der Waals surface area (Å²) in [6.45, 7) is 12.5. The van der Waals surface area contributed by atoms with E-state index < -0.39 is 11.4 Å². The zero-order chi connectivity index (χ0) is 17.9. The Morgan fingerprint density at radius 1 is 1.09 bits per heavy atom. The molecule has 0 aromatic heterocycles. The maximum absolute atomic E-state index is 13.0. The van der Waals surface area contributed by atoms with Gasteiger partial charge in [-0.15, -0.1) is 0 Å². The van der Waals surface area contributed by atoms with Crippen LogP contribution >= 0.6 is 0 Å². The Labute approximate surface area is 138 Å². The highest BCUT2D eigenvalue weighted by molar-refractivity contribution is 6.07. The second-order valence-corrected chi connectivity index (χ2v) is 6.16. The van der Waals surface area contributed by atoms with E-state index >= 15 is 0 Å². The highest BCUT2D eigenvalue weighted by Crippen LogP contribution is 2.40. The van der Waals surface area contributed by atoms with Crippen molar-refractivity contribution in [3.8, 4) is 0 Å². The van der Waals surface area contributed by atoms with E-state index in [0.717, 1.165) is 0 Å². The van der Waals surface area contributed by atoms with Gasteiger partial charge in [0, 0.05) is 5.57 Å². The van der Waals surface area contributed by atoms with Gasteiger partial charge in [0.1, 0.15) is 0 Å². The third-order valence-corrected chi connectivity index (χ3v) is 3.75. The lowest BCUT2D eigenvalue weighted by molar-refractivity contribution is -0.133. The zero-order valence-electron chi connectivity index (χ0n) is 15.3. The van der Waals surface area contributed by atoms with Crippen molar-refractivity contribution in [3.05, 3.63) is 34.5 Å². The van der Waals surface area contributed by atoms with Crippen LogP contribution < -0.4 is 0 Å². The van der Waals surface area contributed by atoms with Crippen molar-refractivity contribution in [1.82, 2.24) is 0 Å². The number of hydrogen-bond acceptors (Lipinski definition) is 5. The molecule has 5 nitrogen and oxygen atoms in total. The van der Waals surface area contributed by atoms with Gasteiger partial charge in [0.15, 0.2) is 11.4 Å². The molecule has 0 saturated carbocycles. The highest BCUT2D eigenvalue weighted by atomic mass is 16.6. The molecule has 0 radical (unpaired) electrons. The summed E-state index contributed by atoms with van der Waals surface area (Å²) in [5.41, 5.74) is -0.871. The van der Waals surface area contributed by atoms with E-state index in [1.54, 1.807) is 26.8 Å². The first-order valence-electron chi connectivity index (χ1n) is 7.85. The van der Waals surface area contributed by atoms with Crippen molar-refractivity contribution in [3.63, 3.8) is 0 Å². The Kier molecular flexibility index (Phi) is 6.05. The molecule has 1 atom stereocenters. The Morgan fingerprint density at radius 2 is 1.57 bits per heavy atom. The van der Waals surface area contributed by atoms with Crippen LogP contribution in [0.2, 0.25) is 0 Å². The van der Waals surface area contributed by atoms with Crippen LogP contribution in [0.3, 0.4) is 0 Å². The van der Waals surface area contributed by atoms with E-state index in [1.165, 1.54) is 7.11 Å². The van der Waals surface area contributed by atoms with E-state index in [1.807, 2.05) is 27.7 Å². The minimum absolute atomic E-state index is 0.000139. The predicted octanol–water partition coefficient (Wildman–Crippen LogP) is 3.25. The van der Waals surface area contributed by atoms with E-state index in [4.69, 9.17) is 14.2 Å². The molecule has 0 heterocycles. The van der Waals surface area contributed by atoms with Crippen LogP contribution in [0.4, 0.5) is 0 Å². The summed E-state index contributed by atoms with van der Waals surface area (Å²) in [5, 5.41) is 11.1. The average molecular weight is 324 g/mol. The third-order valence-electron chi connectivity index (χ3n) is 3.75. The van der Waals surface area contributed by atoms with Gasteiger partial charge < -0.3 is 19.3 Å². The van der Waals surface area contributed by atoms with E-state index in [0.29, 0.717) is 16.9 Å². The molecule has 1 aliphatic rings.